The van der Waals surface area contributed by atoms with Crippen LogP contribution in [0, 0.1) is 0 Å². The number of thioether (sulfide) groups is 1. The van der Waals surface area contributed by atoms with Crippen LogP contribution in [0.1, 0.15) is 0 Å². The quantitative estimate of drug-likeness (QED) is 0.592. The van der Waals surface area contributed by atoms with Gasteiger partial charge in [-0.15, -0.1) is 0 Å². The average Bonchev–Trinajstić information content (AvgIpc) is 2.58. The molecule has 0 amide bonds. The van der Waals surface area contributed by atoms with E-state index in [1.54, 1.807) is 0 Å². The SMILES string of the molecule is C1CN(N2CCSCC2)CN1. The van der Waals surface area contributed by atoms with Crippen molar-refractivity contribution < 1.29 is 0 Å². The summed E-state index contributed by atoms with van der Waals surface area (Å²) < 4.78 is 0. The minimum atomic E-state index is 1.06. The lowest BCUT2D eigenvalue weighted by Crippen LogP contribution is -2.46. The van der Waals surface area contributed by atoms with E-state index in [1.807, 2.05) is 0 Å². The molecule has 0 bridgehead atoms. The second-order valence-corrected chi connectivity index (χ2v) is 4.18. The van der Waals surface area contributed by atoms with Crippen LogP contribution in [0.3, 0.4) is 0 Å². The molecule has 0 atom stereocenters. The van der Waals surface area contributed by atoms with Crippen molar-refractivity contribution in [1.82, 2.24) is 15.3 Å². The Balaban J connectivity index is 1.82. The lowest BCUT2D eigenvalue weighted by Gasteiger charge is -2.33. The Bertz CT molecular complexity index is 119. The highest BCUT2D eigenvalue weighted by Gasteiger charge is 2.20. The van der Waals surface area contributed by atoms with Gasteiger partial charge in [0.1, 0.15) is 0 Å². The zero-order chi connectivity index (χ0) is 7.52. The van der Waals surface area contributed by atoms with Crippen LogP contribution in [0.15, 0.2) is 0 Å². The number of hydrazine groups is 1. The van der Waals surface area contributed by atoms with E-state index in [0.717, 1.165) is 13.2 Å². The van der Waals surface area contributed by atoms with E-state index in [1.165, 1.54) is 31.1 Å². The Kier molecular flexibility index (Phi) is 2.68. The normalized spacial score (nSPS) is 29.5. The molecular weight excluding hydrogens is 158 g/mol. The van der Waals surface area contributed by atoms with Crippen LogP contribution in [-0.4, -0.2) is 54.4 Å². The predicted molar refractivity (Wildman–Crippen MR) is 48.5 cm³/mol. The second-order valence-electron chi connectivity index (χ2n) is 2.95. The van der Waals surface area contributed by atoms with Gasteiger partial charge < -0.3 is 5.32 Å². The molecule has 2 rings (SSSR count). The van der Waals surface area contributed by atoms with E-state index in [9.17, 15) is 0 Å². The van der Waals surface area contributed by atoms with E-state index in [4.69, 9.17) is 0 Å². The summed E-state index contributed by atoms with van der Waals surface area (Å²) in [5.41, 5.74) is 0. The Labute approximate surface area is 72.1 Å². The largest absolute Gasteiger partial charge is 0.302 e. The molecule has 0 aromatic carbocycles. The Morgan fingerprint density at radius 3 is 2.45 bits per heavy atom. The van der Waals surface area contributed by atoms with Crippen LogP contribution in [0.25, 0.3) is 0 Å². The molecule has 4 heteroatoms. The molecule has 2 heterocycles. The van der Waals surface area contributed by atoms with Crippen molar-refractivity contribution in [3.63, 3.8) is 0 Å². The van der Waals surface area contributed by atoms with Crippen molar-refractivity contribution in [1.29, 1.82) is 0 Å². The van der Waals surface area contributed by atoms with Crippen molar-refractivity contribution in [2.75, 3.05) is 44.4 Å². The van der Waals surface area contributed by atoms with E-state index in [0.29, 0.717) is 0 Å². The topological polar surface area (TPSA) is 18.5 Å². The fourth-order valence-corrected chi connectivity index (χ4v) is 2.46. The zero-order valence-electron chi connectivity index (χ0n) is 6.75. The van der Waals surface area contributed by atoms with Gasteiger partial charge in [0.15, 0.2) is 0 Å². The van der Waals surface area contributed by atoms with Crippen LogP contribution < -0.4 is 5.32 Å². The van der Waals surface area contributed by atoms with Crippen LogP contribution >= 0.6 is 11.8 Å². The number of nitrogens with zero attached hydrogens (tertiary/aromatic N) is 2. The van der Waals surface area contributed by atoms with Crippen molar-refractivity contribution in [3.05, 3.63) is 0 Å². The van der Waals surface area contributed by atoms with E-state index < -0.39 is 0 Å². The maximum absolute atomic E-state index is 3.35. The van der Waals surface area contributed by atoms with Crippen molar-refractivity contribution >= 4 is 11.8 Å². The van der Waals surface area contributed by atoms with Crippen LogP contribution in [0.5, 0.6) is 0 Å². The number of hydrogen-bond acceptors (Lipinski definition) is 4. The van der Waals surface area contributed by atoms with Crippen LogP contribution in [-0.2, 0) is 0 Å². The molecule has 0 radical (unpaired) electrons. The molecule has 2 aliphatic rings. The van der Waals surface area contributed by atoms with Crippen molar-refractivity contribution in [2.24, 2.45) is 0 Å². The summed E-state index contributed by atoms with van der Waals surface area (Å²) in [7, 11) is 0. The van der Waals surface area contributed by atoms with Crippen molar-refractivity contribution in [2.45, 2.75) is 0 Å². The summed E-state index contributed by atoms with van der Waals surface area (Å²) in [5, 5.41) is 8.26. The molecule has 0 unspecified atom stereocenters. The lowest BCUT2D eigenvalue weighted by atomic mass is 10.6. The Hall–Kier alpha value is 0.230. The third kappa shape index (κ3) is 1.87. The zero-order valence-corrected chi connectivity index (χ0v) is 7.57. The maximum Gasteiger partial charge on any atom is 0.0624 e. The van der Waals surface area contributed by atoms with Gasteiger partial charge in [-0.3, -0.25) is 0 Å². The molecule has 11 heavy (non-hydrogen) atoms. The van der Waals surface area contributed by atoms with Gasteiger partial charge in [0, 0.05) is 37.7 Å². The molecule has 64 valence electrons. The monoisotopic (exact) mass is 173 g/mol. The standard InChI is InChI=1S/C7H15N3S/c1-2-10(7-8-1)9-3-5-11-6-4-9/h8H,1-7H2. The minimum Gasteiger partial charge on any atom is -0.302 e. The first-order valence-electron chi connectivity index (χ1n) is 4.25. The van der Waals surface area contributed by atoms with Crippen molar-refractivity contribution in [3.8, 4) is 0 Å². The van der Waals surface area contributed by atoms with Crippen LogP contribution in [0.2, 0.25) is 0 Å². The summed E-state index contributed by atoms with van der Waals surface area (Å²) in [5.74, 6) is 2.60. The lowest BCUT2D eigenvalue weighted by molar-refractivity contribution is 0.00587. The average molecular weight is 173 g/mol. The van der Waals surface area contributed by atoms with E-state index >= 15 is 0 Å². The summed E-state index contributed by atoms with van der Waals surface area (Å²) in [6.45, 7) is 5.90. The van der Waals surface area contributed by atoms with Gasteiger partial charge in [-0.05, 0) is 0 Å². The van der Waals surface area contributed by atoms with Gasteiger partial charge in [-0.1, -0.05) is 0 Å². The molecule has 0 aliphatic carbocycles. The molecule has 0 aromatic rings. The highest BCUT2D eigenvalue weighted by atomic mass is 32.2. The molecule has 0 saturated carbocycles. The minimum absolute atomic E-state index is 1.06. The number of rotatable bonds is 1. The Morgan fingerprint density at radius 1 is 1.00 bits per heavy atom. The molecule has 2 aliphatic heterocycles. The van der Waals surface area contributed by atoms with Gasteiger partial charge in [-0.25, -0.2) is 10.0 Å². The van der Waals surface area contributed by atoms with E-state index in [2.05, 4.69) is 27.1 Å². The molecule has 3 nitrogen and oxygen atoms in total. The van der Waals surface area contributed by atoms with Gasteiger partial charge in [-0.2, -0.15) is 11.8 Å². The van der Waals surface area contributed by atoms with Gasteiger partial charge in [0.25, 0.3) is 0 Å². The fraction of sp³-hybridized carbons (Fsp3) is 1.00. The van der Waals surface area contributed by atoms with E-state index in [-0.39, 0.29) is 0 Å². The predicted octanol–water partition coefficient (Wildman–Crippen LogP) is -0.187. The smallest absolute Gasteiger partial charge is 0.0624 e. The molecule has 1 N–H and O–H groups in total. The van der Waals surface area contributed by atoms with Gasteiger partial charge in [0.2, 0.25) is 0 Å². The fourth-order valence-electron chi connectivity index (χ4n) is 1.57. The third-order valence-corrected chi connectivity index (χ3v) is 3.17. The summed E-state index contributed by atoms with van der Waals surface area (Å²) in [6.07, 6.45) is 0. The first-order chi connectivity index (χ1) is 5.47. The summed E-state index contributed by atoms with van der Waals surface area (Å²) >= 11 is 2.07. The molecular formula is C7H15N3S. The van der Waals surface area contributed by atoms with Gasteiger partial charge >= 0.3 is 0 Å². The number of hydrogen-bond donors (Lipinski definition) is 1. The summed E-state index contributed by atoms with van der Waals surface area (Å²) in [4.78, 5) is 0. The Morgan fingerprint density at radius 2 is 1.82 bits per heavy atom. The highest BCUT2D eigenvalue weighted by Crippen LogP contribution is 2.11. The first kappa shape index (κ1) is 7.86. The molecule has 0 spiro atoms. The number of nitrogens with one attached hydrogen (secondary N) is 1. The molecule has 0 aromatic heterocycles. The first-order valence-corrected chi connectivity index (χ1v) is 5.40. The summed E-state index contributed by atoms with van der Waals surface area (Å²) in [6, 6.07) is 0. The van der Waals surface area contributed by atoms with Crippen LogP contribution in [0.4, 0.5) is 0 Å². The highest BCUT2D eigenvalue weighted by molar-refractivity contribution is 7.99. The second kappa shape index (κ2) is 3.76. The molecule has 2 saturated heterocycles. The third-order valence-electron chi connectivity index (χ3n) is 2.23. The maximum atomic E-state index is 3.35. The molecule has 2 fully saturated rings. The van der Waals surface area contributed by atoms with Gasteiger partial charge in [0.05, 0.1) is 6.67 Å².